The first-order chi connectivity index (χ1) is 35.2. The molecule has 3 heteroatoms. The Bertz CT molecular complexity index is 4300. The fourth-order valence-electron chi connectivity index (χ4n) is 11.0. The van der Waals surface area contributed by atoms with Gasteiger partial charge in [-0.1, -0.05) is 200 Å². The average Bonchev–Trinajstić information content (AvgIpc) is 4.00. The van der Waals surface area contributed by atoms with Gasteiger partial charge in [0.2, 0.25) is 0 Å². The van der Waals surface area contributed by atoms with Gasteiger partial charge in [-0.2, -0.15) is 0 Å². The number of para-hydroxylation sites is 4. The number of rotatable bonds is 8. The van der Waals surface area contributed by atoms with Crippen LogP contribution in [0.5, 0.6) is 0 Å². The lowest BCUT2D eigenvalue weighted by Crippen LogP contribution is -2.12. The highest BCUT2D eigenvalue weighted by molar-refractivity contribution is 6.18. The summed E-state index contributed by atoms with van der Waals surface area (Å²) in [7, 11) is 0. The second-order valence-electron chi connectivity index (χ2n) is 18.4. The lowest BCUT2D eigenvalue weighted by molar-refractivity contribution is 0.674. The Morgan fingerprint density at radius 3 is 1.65 bits per heavy atom. The first kappa shape index (κ1) is 40.6. The van der Waals surface area contributed by atoms with Crippen LogP contribution in [-0.2, 0) is 0 Å². The first-order valence-electron chi connectivity index (χ1n) is 24.3. The third-order valence-corrected chi connectivity index (χ3v) is 14.4. The summed E-state index contributed by atoms with van der Waals surface area (Å²) < 4.78 is 9.40. The fraction of sp³-hybridized carbons (Fsp3) is 0. The highest BCUT2D eigenvalue weighted by Gasteiger charge is 2.24. The molecule has 0 unspecified atom stereocenters. The first-order valence-corrected chi connectivity index (χ1v) is 24.3. The minimum atomic E-state index is 0.875. The SMILES string of the molecule is c1ccc(-c2cc(-c3ccc4ccccc4c3)ccc2N(c2ccc(-c3cccc(-n4c5ccccc5c5ccccc54)c3)cc2)c2ccccc2-c2cccc3c2oc2c4ccccc4ccc32)cc1. The number of hydrogen-bond acceptors (Lipinski definition) is 2. The molecule has 0 aliphatic heterocycles. The van der Waals surface area contributed by atoms with Crippen molar-refractivity contribution in [3.8, 4) is 50.2 Å². The fourth-order valence-corrected chi connectivity index (χ4v) is 11.0. The number of nitrogens with zero attached hydrogens (tertiary/aromatic N) is 2. The summed E-state index contributed by atoms with van der Waals surface area (Å²) >= 11 is 0. The van der Waals surface area contributed by atoms with Crippen LogP contribution in [0.1, 0.15) is 0 Å². The van der Waals surface area contributed by atoms with Crippen molar-refractivity contribution >= 4 is 82.4 Å². The Morgan fingerprint density at radius 2 is 0.831 bits per heavy atom. The predicted octanol–water partition coefficient (Wildman–Crippen LogP) is 19.1. The summed E-state index contributed by atoms with van der Waals surface area (Å²) in [6.45, 7) is 0. The van der Waals surface area contributed by atoms with Gasteiger partial charge >= 0.3 is 0 Å². The molecule has 0 amide bonds. The van der Waals surface area contributed by atoms with Crippen LogP contribution >= 0.6 is 0 Å². The Kier molecular flexibility index (Phi) is 9.53. The highest BCUT2D eigenvalue weighted by Crippen LogP contribution is 2.48. The number of aromatic nitrogens is 1. The zero-order valence-corrected chi connectivity index (χ0v) is 38.7. The smallest absolute Gasteiger partial charge is 0.143 e. The lowest BCUT2D eigenvalue weighted by atomic mass is 9.94. The molecule has 0 fully saturated rings. The Balaban J connectivity index is 0.959. The summed E-state index contributed by atoms with van der Waals surface area (Å²) in [5.41, 5.74) is 17.5. The zero-order chi connectivity index (χ0) is 46.8. The van der Waals surface area contributed by atoms with Crippen molar-refractivity contribution in [1.82, 2.24) is 4.57 Å². The standard InChI is InChI=1S/C68H44N2O/c1-2-17-47(18-3-1)62-44-52(51-33-32-45-16-4-5-20-49(45)42-51)37-41-66(62)69(65-31-13-10-26-58(65)59-27-15-28-60-61-40-36-48-19-6-7-23-55(48)67(61)71-68(59)60)53-38-34-46(35-39-53)50-21-14-22-54(43-50)70-63-29-11-8-24-56(63)57-25-9-12-30-64(57)70/h1-44H. The minimum absolute atomic E-state index is 0.875. The van der Waals surface area contributed by atoms with E-state index in [9.17, 15) is 0 Å². The van der Waals surface area contributed by atoms with E-state index in [1.54, 1.807) is 0 Å². The molecule has 0 saturated carbocycles. The van der Waals surface area contributed by atoms with Crippen LogP contribution in [0.3, 0.4) is 0 Å². The third-order valence-electron chi connectivity index (χ3n) is 14.4. The summed E-state index contributed by atoms with van der Waals surface area (Å²) in [5.74, 6) is 0. The minimum Gasteiger partial charge on any atom is -0.455 e. The van der Waals surface area contributed by atoms with E-state index in [0.29, 0.717) is 0 Å². The van der Waals surface area contributed by atoms with E-state index in [1.165, 1.54) is 38.1 Å². The molecule has 71 heavy (non-hydrogen) atoms. The third kappa shape index (κ3) is 6.82. The van der Waals surface area contributed by atoms with E-state index in [1.807, 2.05) is 0 Å². The van der Waals surface area contributed by atoms with Gasteiger partial charge in [-0.3, -0.25) is 0 Å². The summed E-state index contributed by atoms with van der Waals surface area (Å²) in [4.78, 5) is 2.44. The largest absolute Gasteiger partial charge is 0.455 e. The van der Waals surface area contributed by atoms with Gasteiger partial charge in [0.15, 0.2) is 0 Å². The van der Waals surface area contributed by atoms with Crippen molar-refractivity contribution in [2.45, 2.75) is 0 Å². The van der Waals surface area contributed by atoms with E-state index in [4.69, 9.17) is 4.42 Å². The van der Waals surface area contributed by atoms with Crippen molar-refractivity contribution in [2.24, 2.45) is 0 Å². The summed E-state index contributed by atoms with van der Waals surface area (Å²) in [6.07, 6.45) is 0. The normalized spacial score (nSPS) is 11.7. The molecule has 0 bridgehead atoms. The van der Waals surface area contributed by atoms with E-state index < -0.39 is 0 Å². The molecule has 14 aromatic rings. The molecule has 0 aliphatic carbocycles. The molecule has 2 aromatic heterocycles. The highest BCUT2D eigenvalue weighted by atomic mass is 16.3. The molecule has 0 radical (unpaired) electrons. The van der Waals surface area contributed by atoms with Crippen molar-refractivity contribution < 1.29 is 4.42 Å². The topological polar surface area (TPSA) is 21.3 Å². The van der Waals surface area contributed by atoms with Crippen molar-refractivity contribution in [3.63, 3.8) is 0 Å². The number of fused-ring (bicyclic) bond motifs is 9. The van der Waals surface area contributed by atoms with Crippen molar-refractivity contribution in [2.75, 3.05) is 4.90 Å². The molecule has 0 saturated heterocycles. The van der Waals surface area contributed by atoms with Gasteiger partial charge < -0.3 is 13.9 Å². The van der Waals surface area contributed by atoms with Crippen molar-refractivity contribution in [3.05, 3.63) is 267 Å². The molecular formula is C68H44N2O. The Hall–Kier alpha value is -9.44. The molecule has 0 atom stereocenters. The Labute approximate surface area is 411 Å². The molecular weight excluding hydrogens is 861 g/mol. The second-order valence-corrected chi connectivity index (χ2v) is 18.4. The number of hydrogen-bond donors (Lipinski definition) is 0. The van der Waals surface area contributed by atoms with E-state index in [0.717, 1.165) is 94.4 Å². The van der Waals surface area contributed by atoms with Crippen LogP contribution < -0.4 is 4.90 Å². The number of furan rings is 1. The summed E-state index contributed by atoms with van der Waals surface area (Å²) in [5, 5.41) is 9.45. The molecule has 2 heterocycles. The zero-order valence-electron chi connectivity index (χ0n) is 38.7. The maximum absolute atomic E-state index is 7.01. The molecule has 332 valence electrons. The number of benzene rings is 12. The van der Waals surface area contributed by atoms with E-state index in [2.05, 4.69) is 276 Å². The van der Waals surface area contributed by atoms with Gasteiger partial charge in [-0.15, -0.1) is 0 Å². The van der Waals surface area contributed by atoms with Crippen LogP contribution in [0.4, 0.5) is 17.1 Å². The average molecular weight is 905 g/mol. The monoisotopic (exact) mass is 904 g/mol. The van der Waals surface area contributed by atoms with Gasteiger partial charge in [0.25, 0.3) is 0 Å². The molecule has 0 aliphatic rings. The van der Waals surface area contributed by atoms with Gasteiger partial charge in [-0.05, 0) is 111 Å². The molecule has 12 aromatic carbocycles. The van der Waals surface area contributed by atoms with Crippen LogP contribution in [0.2, 0.25) is 0 Å². The second kappa shape index (κ2) is 16.7. The predicted molar refractivity (Wildman–Crippen MR) is 299 cm³/mol. The number of anilines is 3. The molecule has 0 spiro atoms. The van der Waals surface area contributed by atoms with Crippen LogP contribution in [-0.4, -0.2) is 4.57 Å². The maximum Gasteiger partial charge on any atom is 0.143 e. The molecule has 0 N–H and O–H groups in total. The van der Waals surface area contributed by atoms with Crippen LogP contribution in [0.15, 0.2) is 271 Å². The lowest BCUT2D eigenvalue weighted by Gasteiger charge is -2.30. The van der Waals surface area contributed by atoms with E-state index in [-0.39, 0.29) is 0 Å². The van der Waals surface area contributed by atoms with Crippen LogP contribution in [0.25, 0.3) is 115 Å². The quantitative estimate of drug-likeness (QED) is 0.151. The van der Waals surface area contributed by atoms with E-state index >= 15 is 0 Å². The van der Waals surface area contributed by atoms with Gasteiger partial charge in [0, 0.05) is 55.0 Å². The van der Waals surface area contributed by atoms with Gasteiger partial charge in [-0.25, -0.2) is 0 Å². The molecule has 14 rings (SSSR count). The van der Waals surface area contributed by atoms with Gasteiger partial charge in [0.05, 0.1) is 22.4 Å². The van der Waals surface area contributed by atoms with Crippen LogP contribution in [0, 0.1) is 0 Å². The van der Waals surface area contributed by atoms with Gasteiger partial charge in [0.1, 0.15) is 11.2 Å². The summed E-state index contributed by atoms with van der Waals surface area (Å²) in [6, 6.07) is 96.8. The van der Waals surface area contributed by atoms with Crippen molar-refractivity contribution in [1.29, 1.82) is 0 Å². The maximum atomic E-state index is 7.01. The molecule has 3 nitrogen and oxygen atoms in total. The Morgan fingerprint density at radius 1 is 0.282 bits per heavy atom.